The summed E-state index contributed by atoms with van der Waals surface area (Å²) in [6, 6.07) is 6.21. The molecule has 1 aliphatic rings. The van der Waals surface area contributed by atoms with Gasteiger partial charge in [0.05, 0.1) is 0 Å². The maximum Gasteiger partial charge on any atom is 0.157 e. The maximum absolute atomic E-state index is 12.8. The van der Waals surface area contributed by atoms with E-state index in [4.69, 9.17) is 19.9 Å². The Kier molecular flexibility index (Phi) is 1.76. The smallest absolute Gasteiger partial charge is 0.157 e. The zero-order valence-corrected chi connectivity index (χ0v) is 9.42. The van der Waals surface area contributed by atoms with Crippen molar-refractivity contribution in [2.24, 2.45) is 0 Å². The summed E-state index contributed by atoms with van der Waals surface area (Å²) in [6.07, 6.45) is -1.86. The summed E-state index contributed by atoms with van der Waals surface area (Å²) in [5.74, 6) is -0.925. The van der Waals surface area contributed by atoms with Gasteiger partial charge in [-0.05, 0) is 31.4 Å². The average molecular weight is 244 g/mol. The van der Waals surface area contributed by atoms with Crippen LogP contribution in [0.2, 0.25) is 6.43 Å². The lowest BCUT2D eigenvalue weighted by molar-refractivity contribution is -0.127. The van der Waals surface area contributed by atoms with Crippen LogP contribution in [0, 0.1) is 0 Å². The van der Waals surface area contributed by atoms with Crippen molar-refractivity contribution in [3.63, 3.8) is 0 Å². The summed E-state index contributed by atoms with van der Waals surface area (Å²) in [5.41, 5.74) is -1.75. The van der Waals surface area contributed by atoms with Gasteiger partial charge in [-0.15, -0.1) is 0 Å². The standard InChI is InChI=1S/C13H16ClNO/c1-15-13(9-5-4-8-12(13)16)10-6-2-3-7-11(10)14/h2-3,6-7,15H,4-5,8-9H2,1H3/i1D3,8D2/hD. The van der Waals surface area contributed by atoms with Crippen LogP contribution in [0.3, 0.4) is 0 Å². The van der Waals surface area contributed by atoms with Gasteiger partial charge in [-0.3, -0.25) is 4.79 Å². The summed E-state index contributed by atoms with van der Waals surface area (Å²) in [7, 11) is 0. The largest absolute Gasteiger partial charge is 0.304 e. The van der Waals surface area contributed by atoms with Crippen LogP contribution in [0.15, 0.2) is 24.3 Å². The molecule has 1 aromatic carbocycles. The SMILES string of the molecule is [2H]N(C([2H])([2H])[2H])C1(c2ccccc2Cl)CCCC([2H])([2H])C1=O. The number of rotatable bonds is 2. The minimum Gasteiger partial charge on any atom is -0.304 e. The number of hydrogen-bond acceptors (Lipinski definition) is 2. The second-order valence-corrected chi connectivity index (χ2v) is 4.22. The van der Waals surface area contributed by atoms with Crippen LogP contribution in [-0.2, 0) is 10.3 Å². The van der Waals surface area contributed by atoms with Gasteiger partial charge in [0.1, 0.15) is 6.95 Å². The highest BCUT2D eigenvalue weighted by molar-refractivity contribution is 6.31. The van der Waals surface area contributed by atoms with E-state index in [1.165, 1.54) is 12.1 Å². The predicted molar refractivity (Wildman–Crippen MR) is 65.7 cm³/mol. The zero-order chi connectivity index (χ0) is 16.8. The number of carbonyl (C=O) groups excluding carboxylic acids is 1. The molecule has 0 aliphatic heterocycles. The van der Waals surface area contributed by atoms with Gasteiger partial charge in [0.2, 0.25) is 0 Å². The Balaban J connectivity index is 2.71. The van der Waals surface area contributed by atoms with E-state index in [0.717, 1.165) is 0 Å². The average Bonchev–Trinajstić information content (AvgIpc) is 2.41. The molecule has 86 valence electrons. The maximum atomic E-state index is 12.8. The van der Waals surface area contributed by atoms with Crippen LogP contribution in [-0.4, -0.2) is 12.8 Å². The third-order valence-corrected chi connectivity index (χ3v) is 3.22. The van der Waals surface area contributed by atoms with Crippen molar-refractivity contribution in [3.05, 3.63) is 34.9 Å². The first kappa shape index (κ1) is 6.18. The van der Waals surface area contributed by atoms with Crippen molar-refractivity contribution < 1.29 is 13.1 Å². The van der Waals surface area contributed by atoms with E-state index in [1.807, 2.05) is 0 Å². The molecule has 1 atom stereocenters. The first-order valence-corrected chi connectivity index (χ1v) is 5.50. The van der Waals surface area contributed by atoms with E-state index in [1.54, 1.807) is 12.1 Å². The van der Waals surface area contributed by atoms with E-state index < -0.39 is 24.7 Å². The third kappa shape index (κ3) is 1.76. The Morgan fingerprint density at radius 1 is 1.56 bits per heavy atom. The van der Waals surface area contributed by atoms with Crippen LogP contribution in [0.1, 0.15) is 38.1 Å². The lowest BCUT2D eigenvalue weighted by Crippen LogP contribution is -2.49. The molecule has 0 saturated heterocycles. The molecule has 1 fully saturated rings. The molecule has 1 aliphatic carbocycles. The lowest BCUT2D eigenvalue weighted by Gasteiger charge is -2.36. The van der Waals surface area contributed by atoms with Gasteiger partial charge in [-0.25, -0.2) is 0 Å². The first-order valence-electron chi connectivity index (χ1n) is 8.07. The molecule has 16 heavy (non-hydrogen) atoms. The molecular formula is C13H16ClNO. The molecule has 0 amide bonds. The Morgan fingerprint density at radius 2 is 2.38 bits per heavy atom. The molecule has 2 nitrogen and oxygen atoms in total. The number of benzene rings is 1. The second-order valence-electron chi connectivity index (χ2n) is 3.81. The van der Waals surface area contributed by atoms with Gasteiger partial charge in [-0.2, -0.15) is 0 Å². The van der Waals surface area contributed by atoms with Crippen molar-refractivity contribution in [2.75, 3.05) is 6.98 Å². The van der Waals surface area contributed by atoms with Crippen LogP contribution in [0.4, 0.5) is 0 Å². The Bertz CT molecular complexity index is 590. The van der Waals surface area contributed by atoms with Crippen LogP contribution in [0.25, 0.3) is 0 Å². The first-order chi connectivity index (χ1) is 10.0. The van der Waals surface area contributed by atoms with E-state index in [-0.39, 0.29) is 35.2 Å². The molecule has 0 bridgehead atoms. The molecular weight excluding hydrogens is 222 g/mol. The Labute approximate surface area is 109 Å². The van der Waals surface area contributed by atoms with E-state index >= 15 is 0 Å². The molecule has 1 N–H and O–H groups in total. The summed E-state index contributed by atoms with van der Waals surface area (Å²) in [4.78, 5) is 12.8. The van der Waals surface area contributed by atoms with Gasteiger partial charge in [-0.1, -0.05) is 36.2 Å². The number of ketones is 1. The molecule has 2 rings (SSSR count). The molecule has 3 heteroatoms. The highest BCUT2D eigenvalue weighted by atomic mass is 35.5. The predicted octanol–water partition coefficient (Wildman–Crippen LogP) is 2.90. The molecule has 0 spiro atoms. The third-order valence-electron chi connectivity index (χ3n) is 2.89. The number of nitrogens with one attached hydrogen (secondary N) is 1. The van der Waals surface area contributed by atoms with Gasteiger partial charge in [0.25, 0.3) is 0 Å². The van der Waals surface area contributed by atoms with E-state index in [9.17, 15) is 4.79 Å². The quantitative estimate of drug-likeness (QED) is 0.866. The molecule has 1 aromatic rings. The number of halogens is 1. The highest BCUT2D eigenvalue weighted by Crippen LogP contribution is 2.37. The van der Waals surface area contributed by atoms with Gasteiger partial charge in [0, 0.05) is 18.2 Å². The fourth-order valence-electron chi connectivity index (χ4n) is 2.03. The van der Waals surface area contributed by atoms with Crippen molar-refractivity contribution >= 4 is 17.4 Å². The molecule has 0 heterocycles. The summed E-state index contributed by atoms with van der Waals surface area (Å²) >= 11 is 6.13. The molecule has 1 saturated carbocycles. The van der Waals surface area contributed by atoms with Crippen LogP contribution < -0.4 is 5.31 Å². The minimum atomic E-state index is -2.87. The zero-order valence-electron chi connectivity index (χ0n) is 14.7. The number of likely N-dealkylation sites (N-methyl/N-ethyl adjacent to an activating group) is 1. The van der Waals surface area contributed by atoms with E-state index in [2.05, 4.69) is 0 Å². The lowest BCUT2D eigenvalue weighted by atomic mass is 9.75. The van der Waals surface area contributed by atoms with Gasteiger partial charge < -0.3 is 5.31 Å². The monoisotopic (exact) mass is 243 g/mol. The number of carbonyl (C=O) groups is 1. The molecule has 0 aromatic heterocycles. The van der Waals surface area contributed by atoms with Crippen molar-refractivity contribution in [3.8, 4) is 0 Å². The number of hydrogen-bond donors (Lipinski definition) is 1. The molecule has 0 radical (unpaired) electrons. The van der Waals surface area contributed by atoms with Crippen LogP contribution in [0.5, 0.6) is 0 Å². The Morgan fingerprint density at radius 3 is 3.12 bits per heavy atom. The Hall–Kier alpha value is -0.860. The minimum absolute atomic E-state index is 0.00682. The summed E-state index contributed by atoms with van der Waals surface area (Å²) in [5, 5.41) is 0.385. The number of Topliss-reactive ketones (excluding diaryl/α,β-unsaturated/α-hetero) is 1. The molecule has 1 unspecified atom stereocenters. The normalized spacial score (nSPS) is 35.5. The fourth-order valence-corrected chi connectivity index (χ4v) is 2.32. The van der Waals surface area contributed by atoms with Crippen LogP contribution >= 0.6 is 11.6 Å². The van der Waals surface area contributed by atoms with Gasteiger partial charge >= 0.3 is 0 Å². The second kappa shape index (κ2) is 4.56. The highest BCUT2D eigenvalue weighted by Gasteiger charge is 2.40. The van der Waals surface area contributed by atoms with Gasteiger partial charge in [0.15, 0.2) is 5.78 Å². The van der Waals surface area contributed by atoms with Crippen molar-refractivity contribution in [2.45, 2.75) is 31.2 Å². The van der Waals surface area contributed by atoms with Crippen molar-refractivity contribution in [1.82, 2.24) is 5.31 Å². The summed E-state index contributed by atoms with van der Waals surface area (Å²) < 4.78 is 46.3. The topological polar surface area (TPSA) is 29.1 Å². The van der Waals surface area contributed by atoms with Crippen molar-refractivity contribution in [1.29, 1.82) is 0 Å². The summed E-state index contributed by atoms with van der Waals surface area (Å²) in [6.45, 7) is -2.87. The van der Waals surface area contributed by atoms with E-state index in [0.29, 0.717) is 0 Å². The fraction of sp³-hybridized carbons (Fsp3) is 0.462.